The van der Waals surface area contributed by atoms with Gasteiger partial charge in [0.1, 0.15) is 5.69 Å². The van der Waals surface area contributed by atoms with E-state index in [4.69, 9.17) is 4.74 Å². The molecule has 0 aliphatic rings. The summed E-state index contributed by atoms with van der Waals surface area (Å²) < 4.78 is 4.97. The summed E-state index contributed by atoms with van der Waals surface area (Å²) in [7, 11) is 1.44. The second-order valence-corrected chi connectivity index (χ2v) is 5.77. The molecule has 1 aromatic heterocycles. The molecule has 140 valence electrons. The molecular formula is C16H20N4O6. The molecule has 0 spiro atoms. The summed E-state index contributed by atoms with van der Waals surface area (Å²) in [5.74, 6) is -0.722. The van der Waals surface area contributed by atoms with Crippen molar-refractivity contribution in [1.29, 1.82) is 0 Å². The lowest BCUT2D eigenvalue weighted by atomic mass is 9.99. The molecule has 4 N–H and O–H groups in total. The monoisotopic (exact) mass is 364 g/mol. The third kappa shape index (κ3) is 4.28. The standard InChI is InChI=1S/C16H20N4O6/c1-9-15(20(24)25)14(19-18-9)16(23)17-7-11(8-21)5-10-3-4-13(26-2)12(22)6-10/h3-4,6,11,21-22H,5,7-8H2,1-2H3,(H,17,23)(H,18,19). The van der Waals surface area contributed by atoms with E-state index >= 15 is 0 Å². The molecule has 26 heavy (non-hydrogen) atoms. The summed E-state index contributed by atoms with van der Waals surface area (Å²) in [4.78, 5) is 22.5. The van der Waals surface area contributed by atoms with Crippen LogP contribution in [0.5, 0.6) is 11.5 Å². The molecule has 2 aromatic rings. The van der Waals surface area contributed by atoms with Crippen LogP contribution in [0.15, 0.2) is 18.2 Å². The van der Waals surface area contributed by atoms with E-state index in [-0.39, 0.29) is 41.9 Å². The van der Waals surface area contributed by atoms with Crippen molar-refractivity contribution in [2.24, 2.45) is 5.92 Å². The van der Waals surface area contributed by atoms with Crippen molar-refractivity contribution in [3.63, 3.8) is 0 Å². The van der Waals surface area contributed by atoms with Crippen molar-refractivity contribution in [2.45, 2.75) is 13.3 Å². The van der Waals surface area contributed by atoms with Gasteiger partial charge in [-0.25, -0.2) is 0 Å². The number of aliphatic hydroxyl groups excluding tert-OH is 1. The Hall–Kier alpha value is -3.14. The van der Waals surface area contributed by atoms with Crippen LogP contribution in [0.4, 0.5) is 5.69 Å². The molecule has 0 aliphatic heterocycles. The number of aliphatic hydroxyl groups is 1. The number of aryl methyl sites for hydroxylation is 1. The SMILES string of the molecule is COc1ccc(CC(CO)CNC(=O)c2n[nH]c(C)c2[N+](=O)[O-])cc1O. The Morgan fingerprint density at radius 3 is 2.81 bits per heavy atom. The van der Waals surface area contributed by atoms with Gasteiger partial charge in [0.05, 0.1) is 12.0 Å². The van der Waals surface area contributed by atoms with Gasteiger partial charge in [-0.3, -0.25) is 20.0 Å². The maximum atomic E-state index is 12.2. The Morgan fingerprint density at radius 2 is 2.23 bits per heavy atom. The number of nitrogens with zero attached hydrogens (tertiary/aromatic N) is 2. The van der Waals surface area contributed by atoms with E-state index in [1.807, 2.05) is 0 Å². The van der Waals surface area contributed by atoms with Crippen molar-refractivity contribution in [1.82, 2.24) is 15.5 Å². The van der Waals surface area contributed by atoms with E-state index in [1.54, 1.807) is 12.1 Å². The molecule has 1 atom stereocenters. The fourth-order valence-corrected chi connectivity index (χ4v) is 2.52. The summed E-state index contributed by atoms with van der Waals surface area (Å²) in [5, 5.41) is 39.0. The molecule has 2 rings (SSSR count). The van der Waals surface area contributed by atoms with Crippen LogP contribution in [0.3, 0.4) is 0 Å². The number of nitro groups is 1. The number of rotatable bonds is 8. The molecule has 0 radical (unpaired) electrons. The molecule has 1 heterocycles. The number of amides is 1. The first-order valence-corrected chi connectivity index (χ1v) is 7.81. The third-order valence-corrected chi connectivity index (χ3v) is 3.89. The smallest absolute Gasteiger partial charge is 0.322 e. The fourth-order valence-electron chi connectivity index (χ4n) is 2.52. The topological polar surface area (TPSA) is 151 Å². The lowest BCUT2D eigenvalue weighted by Gasteiger charge is -2.15. The highest BCUT2D eigenvalue weighted by molar-refractivity contribution is 5.96. The summed E-state index contributed by atoms with van der Waals surface area (Å²) in [5.41, 5.74) is 0.264. The van der Waals surface area contributed by atoms with Gasteiger partial charge in [0.25, 0.3) is 5.91 Å². The van der Waals surface area contributed by atoms with Gasteiger partial charge in [0.15, 0.2) is 11.5 Å². The Balaban J connectivity index is 2.01. The number of phenols is 1. The van der Waals surface area contributed by atoms with Gasteiger partial charge in [-0.1, -0.05) is 6.07 Å². The van der Waals surface area contributed by atoms with Crippen LogP contribution >= 0.6 is 0 Å². The molecule has 0 aliphatic carbocycles. The Morgan fingerprint density at radius 1 is 1.50 bits per heavy atom. The zero-order valence-electron chi connectivity index (χ0n) is 14.4. The highest BCUT2D eigenvalue weighted by atomic mass is 16.6. The summed E-state index contributed by atoms with van der Waals surface area (Å²) in [6.07, 6.45) is 0.385. The number of methoxy groups -OCH3 is 1. The van der Waals surface area contributed by atoms with E-state index in [0.717, 1.165) is 5.56 Å². The first-order valence-electron chi connectivity index (χ1n) is 7.81. The van der Waals surface area contributed by atoms with Gasteiger partial charge in [-0.2, -0.15) is 5.10 Å². The molecule has 0 fully saturated rings. The predicted octanol–water partition coefficient (Wildman–Crippen LogP) is 0.922. The van der Waals surface area contributed by atoms with Gasteiger partial charge in [-0.05, 0) is 31.0 Å². The second-order valence-electron chi connectivity index (χ2n) is 5.77. The zero-order valence-corrected chi connectivity index (χ0v) is 14.4. The van der Waals surface area contributed by atoms with Crippen molar-refractivity contribution in [3.8, 4) is 11.5 Å². The highest BCUT2D eigenvalue weighted by Gasteiger charge is 2.27. The fraction of sp³-hybridized carbons (Fsp3) is 0.375. The van der Waals surface area contributed by atoms with Crippen LogP contribution in [0.2, 0.25) is 0 Å². The third-order valence-electron chi connectivity index (χ3n) is 3.89. The molecule has 0 bridgehead atoms. The number of aromatic nitrogens is 2. The average Bonchev–Trinajstić information content (AvgIpc) is 3.00. The van der Waals surface area contributed by atoms with Crippen LogP contribution in [0, 0.1) is 23.0 Å². The number of phenolic OH excluding ortho intramolecular Hbond substituents is 1. The first-order chi connectivity index (χ1) is 12.4. The second kappa shape index (κ2) is 8.30. The Labute approximate surface area is 149 Å². The number of benzene rings is 1. The normalized spacial score (nSPS) is 11.8. The Kier molecular flexibility index (Phi) is 6.12. The lowest BCUT2D eigenvalue weighted by molar-refractivity contribution is -0.385. The molecule has 1 amide bonds. The number of nitrogens with one attached hydrogen (secondary N) is 2. The van der Waals surface area contributed by atoms with Crippen molar-refractivity contribution >= 4 is 11.6 Å². The van der Waals surface area contributed by atoms with Crippen LogP contribution in [-0.4, -0.2) is 51.5 Å². The molecule has 0 saturated heterocycles. The van der Waals surface area contributed by atoms with Crippen molar-refractivity contribution in [2.75, 3.05) is 20.3 Å². The van der Waals surface area contributed by atoms with E-state index in [0.29, 0.717) is 12.2 Å². The number of aromatic hydroxyl groups is 1. The van der Waals surface area contributed by atoms with Gasteiger partial charge in [0.2, 0.25) is 5.69 Å². The molecule has 1 aromatic carbocycles. The van der Waals surface area contributed by atoms with E-state index in [9.17, 15) is 25.1 Å². The zero-order chi connectivity index (χ0) is 19.3. The number of hydrogen-bond donors (Lipinski definition) is 4. The van der Waals surface area contributed by atoms with Crippen molar-refractivity contribution < 1.29 is 24.7 Å². The van der Waals surface area contributed by atoms with Crippen LogP contribution in [-0.2, 0) is 6.42 Å². The van der Waals surface area contributed by atoms with Crippen LogP contribution in [0.1, 0.15) is 21.7 Å². The number of H-pyrrole nitrogens is 1. The summed E-state index contributed by atoms with van der Waals surface area (Å²) in [6.45, 7) is 1.33. The number of carbonyl (C=O) groups is 1. The maximum absolute atomic E-state index is 12.2. The maximum Gasteiger partial charge on any atom is 0.322 e. The van der Waals surface area contributed by atoms with Crippen LogP contribution < -0.4 is 10.1 Å². The molecule has 1 unspecified atom stereocenters. The minimum Gasteiger partial charge on any atom is -0.504 e. The molecule has 10 heteroatoms. The van der Waals surface area contributed by atoms with Gasteiger partial charge < -0.3 is 20.3 Å². The quantitative estimate of drug-likeness (QED) is 0.402. The first kappa shape index (κ1) is 19.2. The Bertz CT molecular complexity index is 804. The van der Waals surface area contributed by atoms with Gasteiger partial charge in [-0.15, -0.1) is 0 Å². The number of ether oxygens (including phenoxy) is 1. The summed E-state index contributed by atoms with van der Waals surface area (Å²) >= 11 is 0. The summed E-state index contributed by atoms with van der Waals surface area (Å²) in [6, 6.07) is 4.86. The predicted molar refractivity (Wildman–Crippen MR) is 91.3 cm³/mol. The molecular weight excluding hydrogens is 344 g/mol. The largest absolute Gasteiger partial charge is 0.504 e. The minimum absolute atomic E-state index is 0.0200. The number of aromatic amines is 1. The number of hydrogen-bond acceptors (Lipinski definition) is 7. The molecule has 0 saturated carbocycles. The van der Waals surface area contributed by atoms with Gasteiger partial charge in [0, 0.05) is 19.1 Å². The minimum atomic E-state index is -0.697. The van der Waals surface area contributed by atoms with E-state index < -0.39 is 10.8 Å². The number of carbonyl (C=O) groups excluding carboxylic acids is 1. The van der Waals surface area contributed by atoms with E-state index in [1.165, 1.54) is 20.1 Å². The van der Waals surface area contributed by atoms with Crippen LogP contribution in [0.25, 0.3) is 0 Å². The van der Waals surface area contributed by atoms with Gasteiger partial charge >= 0.3 is 5.69 Å². The lowest BCUT2D eigenvalue weighted by Crippen LogP contribution is -2.32. The van der Waals surface area contributed by atoms with Crippen molar-refractivity contribution in [3.05, 3.63) is 45.3 Å². The highest BCUT2D eigenvalue weighted by Crippen LogP contribution is 2.27. The average molecular weight is 364 g/mol. The molecule has 10 nitrogen and oxygen atoms in total. The van der Waals surface area contributed by atoms with E-state index in [2.05, 4.69) is 15.5 Å².